The molecule has 1 rings (SSSR count). The lowest BCUT2D eigenvalue weighted by Crippen LogP contribution is -2.37. The second kappa shape index (κ2) is 5.01. The van der Waals surface area contributed by atoms with Crippen LogP contribution in [-0.4, -0.2) is 42.7 Å². The van der Waals surface area contributed by atoms with Crippen LogP contribution in [0.25, 0.3) is 0 Å². The van der Waals surface area contributed by atoms with Gasteiger partial charge in [-0.15, -0.1) is 0 Å². The Morgan fingerprint density at radius 1 is 1.56 bits per heavy atom. The highest BCUT2D eigenvalue weighted by molar-refractivity contribution is 5.71. The number of aliphatic carboxylic acids is 1. The van der Waals surface area contributed by atoms with Gasteiger partial charge in [-0.3, -0.25) is 4.79 Å². The van der Waals surface area contributed by atoms with E-state index in [0.29, 0.717) is 6.61 Å². The lowest BCUT2D eigenvalue weighted by Gasteiger charge is -2.18. The summed E-state index contributed by atoms with van der Waals surface area (Å²) in [5.41, 5.74) is 0. The first-order valence-corrected chi connectivity index (χ1v) is 4.89. The summed E-state index contributed by atoms with van der Waals surface area (Å²) in [4.78, 5) is 10.7. The highest BCUT2D eigenvalue weighted by atomic mass is 19.4. The van der Waals surface area contributed by atoms with Gasteiger partial charge in [0.05, 0.1) is 18.6 Å². The van der Waals surface area contributed by atoms with Gasteiger partial charge in [-0.2, -0.15) is 13.2 Å². The molecule has 1 N–H and O–H groups in total. The van der Waals surface area contributed by atoms with Crippen LogP contribution in [0.5, 0.6) is 0 Å². The van der Waals surface area contributed by atoms with Gasteiger partial charge in [-0.1, -0.05) is 0 Å². The summed E-state index contributed by atoms with van der Waals surface area (Å²) in [6.45, 7) is 2.05. The molecule has 0 aliphatic carbocycles. The zero-order chi connectivity index (χ0) is 12.3. The average molecular weight is 242 g/mol. The highest BCUT2D eigenvalue weighted by Gasteiger charge is 2.54. The van der Waals surface area contributed by atoms with E-state index >= 15 is 0 Å². The normalized spacial score (nSPS) is 30.6. The van der Waals surface area contributed by atoms with Crippen molar-refractivity contribution < 1.29 is 32.5 Å². The second-order valence-electron chi connectivity index (χ2n) is 3.56. The van der Waals surface area contributed by atoms with Crippen molar-refractivity contribution in [2.45, 2.75) is 31.7 Å². The summed E-state index contributed by atoms with van der Waals surface area (Å²) in [5.74, 6) is -3.02. The van der Waals surface area contributed by atoms with Crippen molar-refractivity contribution in [2.75, 3.05) is 13.2 Å². The molecule has 0 spiro atoms. The van der Waals surface area contributed by atoms with E-state index in [9.17, 15) is 18.0 Å². The number of rotatable bonds is 4. The molecular weight excluding hydrogens is 229 g/mol. The van der Waals surface area contributed by atoms with Gasteiger partial charge in [-0.25, -0.2) is 0 Å². The predicted octanol–water partition coefficient (Wildman–Crippen LogP) is 1.44. The van der Waals surface area contributed by atoms with E-state index < -0.39 is 30.3 Å². The molecule has 0 aromatic rings. The van der Waals surface area contributed by atoms with Gasteiger partial charge >= 0.3 is 12.1 Å². The Morgan fingerprint density at radius 3 is 2.56 bits per heavy atom. The smallest absolute Gasteiger partial charge is 0.415 e. The Balaban J connectivity index is 2.65. The molecule has 4 nitrogen and oxygen atoms in total. The molecule has 1 heterocycles. The van der Waals surface area contributed by atoms with E-state index in [1.165, 1.54) is 0 Å². The summed E-state index contributed by atoms with van der Waals surface area (Å²) in [5, 5.41) is 8.67. The summed E-state index contributed by atoms with van der Waals surface area (Å²) >= 11 is 0. The van der Waals surface area contributed by atoms with E-state index in [1.807, 2.05) is 0 Å². The number of alkyl halides is 3. The SMILES string of the molecule is CCOCC1CC(C(=O)O)C(C(F)(F)F)O1. The Labute approximate surface area is 90.3 Å². The zero-order valence-corrected chi connectivity index (χ0v) is 8.66. The van der Waals surface area contributed by atoms with Crippen LogP contribution in [0.2, 0.25) is 0 Å². The minimum Gasteiger partial charge on any atom is -0.481 e. The third-order valence-electron chi connectivity index (χ3n) is 2.37. The molecule has 0 aromatic heterocycles. The molecule has 0 bridgehead atoms. The predicted molar refractivity (Wildman–Crippen MR) is 47.0 cm³/mol. The molecule has 3 unspecified atom stereocenters. The van der Waals surface area contributed by atoms with Crippen molar-refractivity contribution in [1.29, 1.82) is 0 Å². The van der Waals surface area contributed by atoms with E-state index in [0.717, 1.165) is 0 Å². The largest absolute Gasteiger partial charge is 0.481 e. The van der Waals surface area contributed by atoms with Crippen molar-refractivity contribution in [1.82, 2.24) is 0 Å². The first-order valence-electron chi connectivity index (χ1n) is 4.89. The fraction of sp³-hybridized carbons (Fsp3) is 0.889. The number of carboxylic acids is 1. The summed E-state index contributed by atoms with van der Waals surface area (Å²) < 4.78 is 46.9. The van der Waals surface area contributed by atoms with Crippen molar-refractivity contribution in [3.63, 3.8) is 0 Å². The molecule has 0 aromatic carbocycles. The Kier molecular flexibility index (Phi) is 4.15. The minimum atomic E-state index is -4.65. The van der Waals surface area contributed by atoms with Gasteiger partial charge in [0.25, 0.3) is 0 Å². The van der Waals surface area contributed by atoms with Crippen LogP contribution in [0.4, 0.5) is 13.2 Å². The third kappa shape index (κ3) is 3.08. The second-order valence-corrected chi connectivity index (χ2v) is 3.56. The molecule has 1 aliphatic rings. The van der Waals surface area contributed by atoms with Crippen LogP contribution in [0.15, 0.2) is 0 Å². The topological polar surface area (TPSA) is 55.8 Å². The molecule has 94 valence electrons. The minimum absolute atomic E-state index is 0.00708. The molecule has 0 amide bonds. The van der Waals surface area contributed by atoms with Crippen LogP contribution in [0.1, 0.15) is 13.3 Å². The quantitative estimate of drug-likeness (QED) is 0.810. The van der Waals surface area contributed by atoms with E-state index in [1.54, 1.807) is 6.92 Å². The Hall–Kier alpha value is -0.820. The molecule has 3 atom stereocenters. The Morgan fingerprint density at radius 2 is 2.19 bits per heavy atom. The summed E-state index contributed by atoms with van der Waals surface area (Å²) in [7, 11) is 0. The van der Waals surface area contributed by atoms with Gasteiger partial charge in [0, 0.05) is 6.61 Å². The molecule has 16 heavy (non-hydrogen) atoms. The van der Waals surface area contributed by atoms with Gasteiger partial charge in [0.15, 0.2) is 6.10 Å². The lowest BCUT2D eigenvalue weighted by molar-refractivity contribution is -0.228. The summed E-state index contributed by atoms with van der Waals surface area (Å²) in [6, 6.07) is 0. The maximum absolute atomic E-state index is 12.4. The van der Waals surface area contributed by atoms with E-state index in [2.05, 4.69) is 4.74 Å². The zero-order valence-electron chi connectivity index (χ0n) is 8.66. The van der Waals surface area contributed by atoms with Gasteiger partial charge in [0.1, 0.15) is 0 Å². The van der Waals surface area contributed by atoms with Crippen molar-refractivity contribution >= 4 is 5.97 Å². The van der Waals surface area contributed by atoms with E-state index in [-0.39, 0.29) is 13.0 Å². The highest BCUT2D eigenvalue weighted by Crippen LogP contribution is 2.37. The number of carbonyl (C=O) groups is 1. The Bertz CT molecular complexity index is 254. The maximum Gasteiger partial charge on any atom is 0.415 e. The molecule has 7 heteroatoms. The molecule has 1 fully saturated rings. The number of carboxylic acid groups (broad SMARTS) is 1. The number of hydrogen-bond acceptors (Lipinski definition) is 3. The van der Waals surface area contributed by atoms with Crippen LogP contribution >= 0.6 is 0 Å². The summed E-state index contributed by atoms with van der Waals surface area (Å²) in [6.07, 6.45) is -7.84. The molecule has 0 saturated carbocycles. The van der Waals surface area contributed by atoms with Gasteiger partial charge < -0.3 is 14.6 Å². The third-order valence-corrected chi connectivity index (χ3v) is 2.37. The fourth-order valence-electron chi connectivity index (χ4n) is 1.66. The number of halogens is 3. The average Bonchev–Trinajstić information content (AvgIpc) is 2.58. The monoisotopic (exact) mass is 242 g/mol. The van der Waals surface area contributed by atoms with Crippen LogP contribution < -0.4 is 0 Å². The molecule has 0 radical (unpaired) electrons. The van der Waals surface area contributed by atoms with E-state index in [4.69, 9.17) is 9.84 Å². The van der Waals surface area contributed by atoms with Crippen molar-refractivity contribution in [3.8, 4) is 0 Å². The number of ether oxygens (including phenoxy) is 2. The van der Waals surface area contributed by atoms with Crippen molar-refractivity contribution in [2.24, 2.45) is 5.92 Å². The van der Waals surface area contributed by atoms with Crippen LogP contribution in [0.3, 0.4) is 0 Å². The molecule has 1 aliphatic heterocycles. The van der Waals surface area contributed by atoms with Crippen LogP contribution in [-0.2, 0) is 14.3 Å². The maximum atomic E-state index is 12.4. The standard InChI is InChI=1S/C9H13F3O4/c1-2-15-4-5-3-6(8(13)14)7(16-5)9(10,11)12/h5-7H,2-4H2,1H3,(H,13,14). The molecular formula is C9H13F3O4. The van der Waals surface area contributed by atoms with Gasteiger partial charge in [-0.05, 0) is 13.3 Å². The van der Waals surface area contributed by atoms with Gasteiger partial charge in [0.2, 0.25) is 0 Å². The lowest BCUT2D eigenvalue weighted by atomic mass is 9.99. The number of hydrogen-bond donors (Lipinski definition) is 1. The van der Waals surface area contributed by atoms with Crippen molar-refractivity contribution in [3.05, 3.63) is 0 Å². The fourth-order valence-corrected chi connectivity index (χ4v) is 1.66. The van der Waals surface area contributed by atoms with Crippen LogP contribution in [0, 0.1) is 5.92 Å². The first-order chi connectivity index (χ1) is 7.36. The first kappa shape index (κ1) is 13.2. The molecule has 1 saturated heterocycles.